The summed E-state index contributed by atoms with van der Waals surface area (Å²) in [6.07, 6.45) is -8.93. The quantitative estimate of drug-likeness (QED) is 0.812. The Labute approximate surface area is 130 Å². The first-order valence-electron chi connectivity index (χ1n) is 6.26. The monoisotopic (exact) mass is 350 g/mol. The van der Waals surface area contributed by atoms with Gasteiger partial charge >= 0.3 is 12.4 Å². The summed E-state index contributed by atoms with van der Waals surface area (Å²) in [4.78, 5) is 25.2. The summed E-state index contributed by atoms with van der Waals surface area (Å²) in [5, 5.41) is 1.92. The maximum absolute atomic E-state index is 12.7. The van der Waals surface area contributed by atoms with Gasteiger partial charge in [-0.3, -0.25) is 9.59 Å². The Kier molecular flexibility index (Phi) is 4.41. The number of H-pyrrole nitrogens is 1. The van der Waals surface area contributed by atoms with Crippen LogP contribution in [0.1, 0.15) is 21.5 Å². The number of aromatic nitrogens is 1. The molecule has 2 N–H and O–H groups in total. The van der Waals surface area contributed by atoms with Gasteiger partial charge in [0.15, 0.2) is 0 Å². The second kappa shape index (κ2) is 6.02. The zero-order chi connectivity index (χ0) is 18.1. The lowest BCUT2D eigenvalue weighted by molar-refractivity contribution is -0.143. The van der Waals surface area contributed by atoms with Gasteiger partial charge in [0.2, 0.25) is 5.56 Å². The topological polar surface area (TPSA) is 62.0 Å². The molecule has 0 fully saturated rings. The molecule has 4 nitrogen and oxygen atoms in total. The third-order valence-corrected chi connectivity index (χ3v) is 2.88. The van der Waals surface area contributed by atoms with Crippen LogP contribution < -0.4 is 10.9 Å². The number of nitrogens with one attached hydrogen (secondary N) is 2. The number of benzene rings is 1. The largest absolute Gasteiger partial charge is 0.416 e. The molecular weight excluding hydrogens is 342 g/mol. The Hall–Kier alpha value is -2.78. The lowest BCUT2D eigenvalue weighted by atomic mass is 10.1. The minimum atomic E-state index is -5.02. The molecule has 0 aliphatic carbocycles. The van der Waals surface area contributed by atoms with Crippen LogP contribution in [-0.4, -0.2) is 10.9 Å². The Morgan fingerprint density at radius 2 is 1.46 bits per heavy atom. The van der Waals surface area contributed by atoms with E-state index in [1.165, 1.54) is 0 Å². The van der Waals surface area contributed by atoms with Gasteiger partial charge in [0.25, 0.3) is 5.91 Å². The van der Waals surface area contributed by atoms with E-state index in [4.69, 9.17) is 0 Å². The molecule has 1 amide bonds. The molecule has 24 heavy (non-hydrogen) atoms. The highest BCUT2D eigenvalue weighted by atomic mass is 19.4. The smallest absolute Gasteiger partial charge is 0.329 e. The molecule has 2 aromatic rings. The second-order valence-electron chi connectivity index (χ2n) is 4.69. The average molecular weight is 350 g/mol. The summed E-state index contributed by atoms with van der Waals surface area (Å²) < 4.78 is 76.3. The first-order chi connectivity index (χ1) is 11.0. The molecule has 1 aromatic carbocycles. The molecule has 0 aliphatic rings. The van der Waals surface area contributed by atoms with Crippen molar-refractivity contribution >= 4 is 11.6 Å². The van der Waals surface area contributed by atoms with Crippen LogP contribution in [0.25, 0.3) is 0 Å². The molecular formula is C14H8F6N2O2. The van der Waals surface area contributed by atoms with Crippen molar-refractivity contribution < 1.29 is 31.1 Å². The number of anilines is 1. The minimum Gasteiger partial charge on any atom is -0.329 e. The van der Waals surface area contributed by atoms with E-state index >= 15 is 0 Å². The van der Waals surface area contributed by atoms with Crippen LogP contribution in [0, 0.1) is 0 Å². The van der Waals surface area contributed by atoms with E-state index in [1.807, 2.05) is 5.32 Å². The van der Waals surface area contributed by atoms with Crippen molar-refractivity contribution in [2.75, 3.05) is 5.32 Å². The van der Waals surface area contributed by atoms with Crippen molar-refractivity contribution in [2.45, 2.75) is 12.4 Å². The second-order valence-corrected chi connectivity index (χ2v) is 4.69. The van der Waals surface area contributed by atoms with Crippen molar-refractivity contribution in [1.29, 1.82) is 0 Å². The first kappa shape index (κ1) is 17.6. The van der Waals surface area contributed by atoms with Crippen molar-refractivity contribution in [2.24, 2.45) is 0 Å². The van der Waals surface area contributed by atoms with Crippen LogP contribution in [0.3, 0.4) is 0 Å². The van der Waals surface area contributed by atoms with E-state index in [2.05, 4.69) is 4.98 Å². The zero-order valence-electron chi connectivity index (χ0n) is 11.5. The fourth-order valence-corrected chi connectivity index (χ4v) is 1.82. The fourth-order valence-electron chi connectivity index (χ4n) is 1.82. The molecule has 2 rings (SSSR count). The number of amides is 1. The SMILES string of the molecule is O=C(Nc1cc(C(F)(F)F)cc(C(F)(F)F)c1)c1cc[nH]c(=O)c1. The average Bonchev–Trinajstić information content (AvgIpc) is 2.45. The van der Waals surface area contributed by atoms with Gasteiger partial charge in [0.05, 0.1) is 11.1 Å². The van der Waals surface area contributed by atoms with E-state index in [0.29, 0.717) is 12.1 Å². The van der Waals surface area contributed by atoms with E-state index in [9.17, 15) is 35.9 Å². The number of aromatic amines is 1. The summed E-state index contributed by atoms with van der Waals surface area (Å²) in [7, 11) is 0. The van der Waals surface area contributed by atoms with Gasteiger partial charge in [-0.1, -0.05) is 0 Å². The van der Waals surface area contributed by atoms with Crippen LogP contribution in [-0.2, 0) is 12.4 Å². The van der Waals surface area contributed by atoms with E-state index in [0.717, 1.165) is 18.3 Å². The molecule has 1 heterocycles. The molecule has 0 aliphatic heterocycles. The number of hydrogen-bond acceptors (Lipinski definition) is 2. The highest BCUT2D eigenvalue weighted by Crippen LogP contribution is 2.37. The molecule has 0 saturated carbocycles. The summed E-state index contributed by atoms with van der Waals surface area (Å²) in [6, 6.07) is 2.70. The van der Waals surface area contributed by atoms with Gasteiger partial charge in [-0.15, -0.1) is 0 Å². The molecule has 0 unspecified atom stereocenters. The molecule has 0 spiro atoms. The van der Waals surface area contributed by atoms with Gasteiger partial charge in [-0.05, 0) is 24.3 Å². The number of hydrogen-bond donors (Lipinski definition) is 2. The summed E-state index contributed by atoms with van der Waals surface area (Å²) in [6.45, 7) is 0. The lowest BCUT2D eigenvalue weighted by Gasteiger charge is -2.14. The zero-order valence-corrected chi connectivity index (χ0v) is 11.5. The van der Waals surface area contributed by atoms with Crippen LogP contribution >= 0.6 is 0 Å². The summed E-state index contributed by atoms with van der Waals surface area (Å²) in [5.74, 6) is -1.02. The molecule has 0 bridgehead atoms. The Morgan fingerprint density at radius 1 is 0.917 bits per heavy atom. The normalized spacial score (nSPS) is 12.1. The van der Waals surface area contributed by atoms with Gasteiger partial charge < -0.3 is 10.3 Å². The number of alkyl halides is 6. The number of pyridine rings is 1. The molecule has 1 aromatic heterocycles. The van der Waals surface area contributed by atoms with Crippen LogP contribution in [0.15, 0.2) is 41.3 Å². The maximum Gasteiger partial charge on any atom is 0.416 e. The standard InChI is InChI=1S/C14H8F6N2O2/c15-13(16,17)8-4-9(14(18,19)20)6-10(5-8)22-12(24)7-1-2-21-11(23)3-7/h1-6H,(H,21,23)(H,22,24). The molecule has 0 saturated heterocycles. The van der Waals surface area contributed by atoms with Crippen molar-refractivity contribution in [3.8, 4) is 0 Å². The number of halogens is 6. The Morgan fingerprint density at radius 3 is 1.92 bits per heavy atom. The Bertz CT molecular complexity index is 791. The lowest BCUT2D eigenvalue weighted by Crippen LogP contribution is -2.17. The van der Waals surface area contributed by atoms with Crippen LogP contribution in [0.2, 0.25) is 0 Å². The van der Waals surface area contributed by atoms with Crippen LogP contribution in [0.4, 0.5) is 32.0 Å². The van der Waals surface area contributed by atoms with E-state index in [-0.39, 0.29) is 11.6 Å². The van der Waals surface area contributed by atoms with Gasteiger partial charge in [-0.2, -0.15) is 26.3 Å². The molecule has 10 heteroatoms. The predicted molar refractivity (Wildman–Crippen MR) is 71.5 cm³/mol. The first-order valence-corrected chi connectivity index (χ1v) is 6.26. The summed E-state index contributed by atoms with van der Waals surface area (Å²) in [5.41, 5.74) is -4.67. The minimum absolute atomic E-state index is 0.0527. The van der Waals surface area contributed by atoms with E-state index in [1.54, 1.807) is 0 Å². The molecule has 0 radical (unpaired) electrons. The number of rotatable bonds is 2. The highest BCUT2D eigenvalue weighted by Gasteiger charge is 2.37. The third kappa shape index (κ3) is 4.15. The van der Waals surface area contributed by atoms with E-state index < -0.39 is 40.6 Å². The number of carbonyl (C=O) groups excluding carboxylic acids is 1. The van der Waals surface area contributed by atoms with Crippen molar-refractivity contribution in [1.82, 2.24) is 4.98 Å². The predicted octanol–water partition coefficient (Wildman–Crippen LogP) is 3.66. The van der Waals surface area contributed by atoms with Crippen molar-refractivity contribution in [3.63, 3.8) is 0 Å². The van der Waals surface area contributed by atoms with Gasteiger partial charge in [0.1, 0.15) is 0 Å². The van der Waals surface area contributed by atoms with Gasteiger partial charge in [0, 0.05) is 23.5 Å². The Balaban J connectivity index is 2.42. The molecule has 128 valence electrons. The van der Waals surface area contributed by atoms with Crippen LogP contribution in [0.5, 0.6) is 0 Å². The third-order valence-electron chi connectivity index (χ3n) is 2.88. The highest BCUT2D eigenvalue weighted by molar-refractivity contribution is 6.04. The summed E-state index contributed by atoms with van der Waals surface area (Å²) >= 11 is 0. The van der Waals surface area contributed by atoms with Gasteiger partial charge in [-0.25, -0.2) is 0 Å². The molecule has 0 atom stereocenters. The maximum atomic E-state index is 12.7. The fraction of sp³-hybridized carbons (Fsp3) is 0.143. The number of carbonyl (C=O) groups is 1. The van der Waals surface area contributed by atoms with Crippen molar-refractivity contribution in [3.05, 3.63) is 63.6 Å².